The van der Waals surface area contributed by atoms with Crippen LogP contribution in [0.5, 0.6) is 0 Å². The molecule has 31 heavy (non-hydrogen) atoms. The Morgan fingerprint density at radius 2 is 1.71 bits per heavy atom. The largest absolute Gasteiger partial charge is 0.450 e. The number of ether oxygens (including phenoxy) is 1. The van der Waals surface area contributed by atoms with Crippen molar-refractivity contribution in [1.29, 1.82) is 0 Å². The fourth-order valence-electron chi connectivity index (χ4n) is 3.57. The number of benzene rings is 1. The van der Waals surface area contributed by atoms with E-state index in [0.717, 1.165) is 28.2 Å². The normalized spacial score (nSPS) is 13.9. The van der Waals surface area contributed by atoms with Crippen molar-refractivity contribution < 1.29 is 13.9 Å². The molecule has 4 rings (SSSR count). The first kappa shape index (κ1) is 20.7. The van der Waals surface area contributed by atoms with Crippen LogP contribution in [0.15, 0.2) is 48.8 Å². The molecule has 1 fully saturated rings. The summed E-state index contributed by atoms with van der Waals surface area (Å²) in [5, 5.41) is 0. The minimum Gasteiger partial charge on any atom is -0.450 e. The van der Waals surface area contributed by atoms with Gasteiger partial charge in [-0.2, -0.15) is 0 Å². The van der Waals surface area contributed by atoms with Gasteiger partial charge in [-0.3, -0.25) is 4.98 Å². The molecular formula is C23H24FN5O2. The van der Waals surface area contributed by atoms with E-state index in [9.17, 15) is 9.18 Å². The summed E-state index contributed by atoms with van der Waals surface area (Å²) in [5.74, 6) is 1.21. The van der Waals surface area contributed by atoms with Crippen molar-refractivity contribution in [2.24, 2.45) is 0 Å². The Bertz CT molecular complexity index is 1070. The maximum Gasteiger partial charge on any atom is 0.409 e. The van der Waals surface area contributed by atoms with Gasteiger partial charge >= 0.3 is 6.09 Å². The number of halogens is 1. The highest BCUT2D eigenvalue weighted by Gasteiger charge is 2.23. The highest BCUT2D eigenvalue weighted by atomic mass is 19.1. The second kappa shape index (κ2) is 9.07. The van der Waals surface area contributed by atoms with Crippen LogP contribution >= 0.6 is 0 Å². The Balaban J connectivity index is 1.56. The van der Waals surface area contributed by atoms with Crippen LogP contribution in [0.4, 0.5) is 15.0 Å². The first-order chi connectivity index (χ1) is 15.0. The third-order valence-corrected chi connectivity index (χ3v) is 5.17. The van der Waals surface area contributed by atoms with Crippen LogP contribution in [-0.2, 0) is 4.74 Å². The predicted octanol–water partition coefficient (Wildman–Crippen LogP) is 3.93. The zero-order valence-corrected chi connectivity index (χ0v) is 17.6. The van der Waals surface area contributed by atoms with Crippen LogP contribution in [0.1, 0.15) is 12.7 Å². The van der Waals surface area contributed by atoms with Gasteiger partial charge in [0.25, 0.3) is 0 Å². The number of nitrogens with zero attached hydrogens (tertiary/aromatic N) is 5. The molecule has 7 nitrogen and oxygen atoms in total. The topological polar surface area (TPSA) is 71.5 Å². The van der Waals surface area contributed by atoms with Crippen molar-refractivity contribution in [2.45, 2.75) is 13.8 Å². The molecule has 0 radical (unpaired) electrons. The number of carbonyl (C=O) groups is 1. The number of piperazine rings is 1. The van der Waals surface area contributed by atoms with Gasteiger partial charge in [0.15, 0.2) is 0 Å². The summed E-state index contributed by atoms with van der Waals surface area (Å²) in [6.07, 6.45) is 3.24. The van der Waals surface area contributed by atoms with Crippen LogP contribution in [0.3, 0.4) is 0 Å². The first-order valence-corrected chi connectivity index (χ1v) is 10.3. The van der Waals surface area contributed by atoms with Gasteiger partial charge in [-0.05, 0) is 37.6 Å². The molecule has 1 saturated heterocycles. The SMILES string of the molecule is CCOC(=O)N1CCN(c2cc(-c3cncc(-c4ccc(F)cc4)c3)nc(C)n2)CC1. The minimum atomic E-state index is -0.273. The molecule has 0 saturated carbocycles. The molecule has 8 heteroatoms. The summed E-state index contributed by atoms with van der Waals surface area (Å²) in [4.78, 5) is 29.3. The van der Waals surface area contributed by atoms with E-state index in [4.69, 9.17) is 4.74 Å². The maximum atomic E-state index is 13.3. The minimum absolute atomic E-state index is 0.271. The molecular weight excluding hydrogens is 397 g/mol. The fraction of sp³-hybridized carbons (Fsp3) is 0.304. The zero-order valence-electron chi connectivity index (χ0n) is 17.6. The number of anilines is 1. The Hall–Kier alpha value is -3.55. The van der Waals surface area contributed by atoms with Crippen molar-refractivity contribution in [3.63, 3.8) is 0 Å². The molecule has 1 aliphatic heterocycles. The third kappa shape index (κ3) is 4.79. The van der Waals surface area contributed by atoms with Crippen molar-refractivity contribution in [3.8, 4) is 22.4 Å². The first-order valence-electron chi connectivity index (χ1n) is 10.3. The predicted molar refractivity (Wildman–Crippen MR) is 116 cm³/mol. The summed E-state index contributed by atoms with van der Waals surface area (Å²) >= 11 is 0. The Labute approximate surface area is 180 Å². The smallest absolute Gasteiger partial charge is 0.409 e. The van der Waals surface area contributed by atoms with Gasteiger partial charge < -0.3 is 14.5 Å². The number of amides is 1. The van der Waals surface area contributed by atoms with E-state index in [-0.39, 0.29) is 11.9 Å². The molecule has 3 aromatic rings. The average Bonchev–Trinajstić information content (AvgIpc) is 2.79. The summed E-state index contributed by atoms with van der Waals surface area (Å²) in [6.45, 7) is 6.54. The van der Waals surface area contributed by atoms with Gasteiger partial charge in [0.05, 0.1) is 12.3 Å². The maximum absolute atomic E-state index is 13.3. The summed E-state index contributed by atoms with van der Waals surface area (Å²) in [5.41, 5.74) is 3.40. The molecule has 0 spiro atoms. The molecule has 0 bridgehead atoms. The molecule has 1 amide bonds. The number of hydrogen-bond donors (Lipinski definition) is 0. The van der Waals surface area contributed by atoms with E-state index in [1.54, 1.807) is 36.4 Å². The molecule has 2 aromatic heterocycles. The molecule has 0 unspecified atom stereocenters. The van der Waals surface area contributed by atoms with Gasteiger partial charge in [-0.1, -0.05) is 12.1 Å². The Kier molecular flexibility index (Phi) is 6.06. The number of pyridine rings is 1. The van der Waals surface area contributed by atoms with Crippen molar-refractivity contribution in [3.05, 3.63) is 60.4 Å². The molecule has 160 valence electrons. The van der Waals surface area contributed by atoms with Crippen molar-refractivity contribution in [1.82, 2.24) is 19.9 Å². The van der Waals surface area contributed by atoms with Crippen LogP contribution in [-0.4, -0.2) is 58.7 Å². The van der Waals surface area contributed by atoms with Crippen LogP contribution in [0.25, 0.3) is 22.4 Å². The summed E-state index contributed by atoms with van der Waals surface area (Å²) in [6, 6.07) is 10.3. The lowest BCUT2D eigenvalue weighted by atomic mass is 10.0. The van der Waals surface area contributed by atoms with E-state index in [1.807, 2.05) is 19.1 Å². The van der Waals surface area contributed by atoms with Gasteiger partial charge in [0.1, 0.15) is 17.5 Å². The van der Waals surface area contributed by atoms with Gasteiger partial charge in [-0.25, -0.2) is 19.2 Å². The van der Waals surface area contributed by atoms with E-state index in [2.05, 4.69) is 19.9 Å². The van der Waals surface area contributed by atoms with E-state index in [1.165, 1.54) is 12.1 Å². The van der Waals surface area contributed by atoms with Crippen molar-refractivity contribution >= 4 is 11.9 Å². The number of aromatic nitrogens is 3. The molecule has 1 aliphatic rings. The molecule has 0 N–H and O–H groups in total. The highest BCUT2D eigenvalue weighted by Crippen LogP contribution is 2.27. The third-order valence-electron chi connectivity index (χ3n) is 5.17. The zero-order chi connectivity index (χ0) is 21.8. The monoisotopic (exact) mass is 421 g/mol. The van der Waals surface area contributed by atoms with E-state index < -0.39 is 0 Å². The fourth-order valence-corrected chi connectivity index (χ4v) is 3.57. The average molecular weight is 421 g/mol. The number of hydrogen-bond acceptors (Lipinski definition) is 6. The van der Waals surface area contributed by atoms with Crippen LogP contribution in [0, 0.1) is 12.7 Å². The highest BCUT2D eigenvalue weighted by molar-refractivity contribution is 5.71. The number of aryl methyl sites for hydroxylation is 1. The Morgan fingerprint density at radius 1 is 1.00 bits per heavy atom. The van der Waals surface area contributed by atoms with E-state index in [0.29, 0.717) is 38.6 Å². The molecule has 0 atom stereocenters. The van der Waals surface area contributed by atoms with Crippen LogP contribution < -0.4 is 4.90 Å². The molecule has 3 heterocycles. The second-order valence-electron chi connectivity index (χ2n) is 7.30. The van der Waals surface area contributed by atoms with Crippen molar-refractivity contribution in [2.75, 3.05) is 37.7 Å². The summed E-state index contributed by atoms with van der Waals surface area (Å²) < 4.78 is 18.3. The van der Waals surface area contributed by atoms with Gasteiger partial charge in [0.2, 0.25) is 0 Å². The van der Waals surface area contributed by atoms with Crippen LogP contribution in [0.2, 0.25) is 0 Å². The van der Waals surface area contributed by atoms with Gasteiger partial charge in [-0.15, -0.1) is 0 Å². The lowest BCUT2D eigenvalue weighted by Crippen LogP contribution is -2.49. The number of rotatable bonds is 4. The van der Waals surface area contributed by atoms with E-state index >= 15 is 0 Å². The molecule has 1 aromatic carbocycles. The lowest BCUT2D eigenvalue weighted by Gasteiger charge is -2.34. The van der Waals surface area contributed by atoms with Gasteiger partial charge in [0, 0.05) is 55.8 Å². The second-order valence-corrected chi connectivity index (χ2v) is 7.30. The quantitative estimate of drug-likeness (QED) is 0.636. The molecule has 0 aliphatic carbocycles. The lowest BCUT2D eigenvalue weighted by molar-refractivity contribution is 0.105. The Morgan fingerprint density at radius 3 is 2.42 bits per heavy atom. The standard InChI is InChI=1S/C23H24FN5O2/c1-3-31-23(30)29-10-8-28(9-11-29)22-13-21(26-16(2)27-22)19-12-18(14-25-15-19)17-4-6-20(24)7-5-17/h4-7,12-15H,3,8-11H2,1-2H3. The summed E-state index contributed by atoms with van der Waals surface area (Å²) in [7, 11) is 0. The number of carbonyl (C=O) groups excluding carboxylic acids is 1.